The Balaban J connectivity index is 1.98. The SMILES string of the molecule is COc1ccc(NC(=O)CN(C)C(=O)c2ccc(S(C)(=O)=O)cc2)cc1. The molecule has 0 unspecified atom stereocenters. The standard InChI is InChI=1S/C18H20N2O5S/c1-20(12-17(21)19-14-6-8-15(25-2)9-7-14)18(22)13-4-10-16(11-5-13)26(3,23)24/h4-11H,12H2,1-3H3,(H,19,21). The van der Waals surface area contributed by atoms with Gasteiger partial charge in [-0.25, -0.2) is 8.42 Å². The first kappa shape index (κ1) is 19.5. The molecule has 2 rings (SSSR count). The average Bonchev–Trinajstić information content (AvgIpc) is 2.61. The monoisotopic (exact) mass is 376 g/mol. The van der Waals surface area contributed by atoms with E-state index in [1.165, 1.54) is 36.2 Å². The van der Waals surface area contributed by atoms with Gasteiger partial charge in [0, 0.05) is 24.6 Å². The highest BCUT2D eigenvalue weighted by molar-refractivity contribution is 7.90. The van der Waals surface area contributed by atoms with Crippen LogP contribution in [0, 0.1) is 0 Å². The number of hydrogen-bond acceptors (Lipinski definition) is 5. The van der Waals surface area contributed by atoms with Gasteiger partial charge in [0.15, 0.2) is 9.84 Å². The molecule has 0 heterocycles. The maximum atomic E-state index is 12.4. The molecule has 0 radical (unpaired) electrons. The highest BCUT2D eigenvalue weighted by Crippen LogP contribution is 2.15. The van der Waals surface area contributed by atoms with E-state index in [1.807, 2.05) is 0 Å². The van der Waals surface area contributed by atoms with E-state index >= 15 is 0 Å². The first-order valence-corrected chi connectivity index (χ1v) is 9.59. The quantitative estimate of drug-likeness (QED) is 0.830. The molecule has 7 nitrogen and oxygen atoms in total. The van der Waals surface area contributed by atoms with Gasteiger partial charge in [0.25, 0.3) is 5.91 Å². The van der Waals surface area contributed by atoms with Crippen LogP contribution in [0.15, 0.2) is 53.4 Å². The molecule has 0 aliphatic rings. The fourth-order valence-electron chi connectivity index (χ4n) is 2.23. The first-order valence-electron chi connectivity index (χ1n) is 7.70. The van der Waals surface area contributed by atoms with E-state index in [-0.39, 0.29) is 23.3 Å². The van der Waals surface area contributed by atoms with Crippen LogP contribution in [0.25, 0.3) is 0 Å². The molecule has 0 atom stereocenters. The third-order valence-electron chi connectivity index (χ3n) is 3.63. The minimum atomic E-state index is -3.32. The summed E-state index contributed by atoms with van der Waals surface area (Å²) < 4.78 is 27.9. The van der Waals surface area contributed by atoms with Gasteiger partial charge in [-0.05, 0) is 48.5 Å². The lowest BCUT2D eigenvalue weighted by atomic mass is 10.2. The smallest absolute Gasteiger partial charge is 0.254 e. The lowest BCUT2D eigenvalue weighted by Gasteiger charge is -2.17. The summed E-state index contributed by atoms with van der Waals surface area (Å²) in [4.78, 5) is 25.8. The summed E-state index contributed by atoms with van der Waals surface area (Å²) in [5, 5.41) is 2.69. The third-order valence-corrected chi connectivity index (χ3v) is 4.76. The van der Waals surface area contributed by atoms with Crippen LogP contribution in [0.2, 0.25) is 0 Å². The number of nitrogens with one attached hydrogen (secondary N) is 1. The van der Waals surface area contributed by atoms with Gasteiger partial charge in [-0.1, -0.05) is 0 Å². The summed E-state index contributed by atoms with van der Waals surface area (Å²) in [7, 11) is -0.270. The number of methoxy groups -OCH3 is 1. The molecule has 2 amide bonds. The van der Waals surface area contributed by atoms with Crippen molar-refractivity contribution < 1.29 is 22.7 Å². The molecule has 138 valence electrons. The van der Waals surface area contributed by atoms with Gasteiger partial charge >= 0.3 is 0 Å². The van der Waals surface area contributed by atoms with Crippen LogP contribution in [0.3, 0.4) is 0 Å². The number of carbonyl (C=O) groups is 2. The van der Waals surface area contributed by atoms with E-state index in [4.69, 9.17) is 4.74 Å². The average molecular weight is 376 g/mol. The summed E-state index contributed by atoms with van der Waals surface area (Å²) in [6.45, 7) is -0.140. The zero-order valence-electron chi connectivity index (χ0n) is 14.7. The number of ether oxygens (including phenoxy) is 1. The van der Waals surface area contributed by atoms with Crippen LogP contribution < -0.4 is 10.1 Å². The van der Waals surface area contributed by atoms with Crippen molar-refractivity contribution >= 4 is 27.3 Å². The normalized spacial score (nSPS) is 10.9. The van der Waals surface area contributed by atoms with Crippen molar-refractivity contribution in [1.82, 2.24) is 4.90 Å². The molecule has 0 bridgehead atoms. The van der Waals surface area contributed by atoms with Gasteiger partial charge in [-0.15, -0.1) is 0 Å². The minimum Gasteiger partial charge on any atom is -0.497 e. The summed E-state index contributed by atoms with van der Waals surface area (Å²) in [5.41, 5.74) is 0.895. The molecule has 0 saturated carbocycles. The Kier molecular flexibility index (Phi) is 5.99. The van der Waals surface area contributed by atoms with Crippen LogP contribution in [0.4, 0.5) is 5.69 Å². The molecule has 0 aliphatic carbocycles. The topological polar surface area (TPSA) is 92.8 Å². The van der Waals surface area contributed by atoms with Crippen molar-refractivity contribution in [2.45, 2.75) is 4.90 Å². The summed E-state index contributed by atoms with van der Waals surface area (Å²) in [5.74, 6) is -0.0541. The lowest BCUT2D eigenvalue weighted by molar-refractivity contribution is -0.116. The number of likely N-dealkylation sites (N-methyl/N-ethyl adjacent to an activating group) is 1. The largest absolute Gasteiger partial charge is 0.497 e. The molecular formula is C18H20N2O5S. The van der Waals surface area contributed by atoms with Crippen LogP contribution >= 0.6 is 0 Å². The fraction of sp³-hybridized carbons (Fsp3) is 0.222. The lowest BCUT2D eigenvalue weighted by Crippen LogP contribution is -2.34. The van der Waals surface area contributed by atoms with E-state index in [0.717, 1.165) is 6.26 Å². The van der Waals surface area contributed by atoms with Crippen molar-refractivity contribution in [2.24, 2.45) is 0 Å². The minimum absolute atomic E-state index is 0.133. The molecule has 0 aliphatic heterocycles. The second-order valence-corrected chi connectivity index (χ2v) is 7.75. The number of benzene rings is 2. The molecule has 2 aromatic rings. The Hall–Kier alpha value is -2.87. The van der Waals surface area contributed by atoms with E-state index in [1.54, 1.807) is 31.4 Å². The van der Waals surface area contributed by atoms with Gasteiger partial charge in [0.2, 0.25) is 5.91 Å². The number of anilines is 1. The van der Waals surface area contributed by atoms with E-state index < -0.39 is 9.84 Å². The molecule has 0 saturated heterocycles. The third kappa shape index (κ3) is 5.06. The summed E-state index contributed by atoms with van der Waals surface area (Å²) >= 11 is 0. The molecular weight excluding hydrogens is 356 g/mol. The fourth-order valence-corrected chi connectivity index (χ4v) is 2.86. The van der Waals surface area contributed by atoms with Crippen LogP contribution in [-0.4, -0.2) is 52.1 Å². The van der Waals surface area contributed by atoms with Gasteiger partial charge in [-0.2, -0.15) is 0 Å². The Morgan fingerprint density at radius 2 is 1.62 bits per heavy atom. The van der Waals surface area contributed by atoms with Crippen LogP contribution in [-0.2, 0) is 14.6 Å². The number of amides is 2. The van der Waals surface area contributed by atoms with Crippen molar-refractivity contribution in [1.29, 1.82) is 0 Å². The number of sulfone groups is 1. The summed E-state index contributed by atoms with van der Waals surface area (Å²) in [6.07, 6.45) is 1.10. The van der Waals surface area contributed by atoms with E-state index in [9.17, 15) is 18.0 Å². The Bertz CT molecular complexity index is 890. The maximum absolute atomic E-state index is 12.4. The van der Waals surface area contributed by atoms with Gasteiger partial charge in [-0.3, -0.25) is 9.59 Å². The molecule has 2 aromatic carbocycles. The molecule has 0 aromatic heterocycles. The zero-order chi connectivity index (χ0) is 19.3. The predicted octanol–water partition coefficient (Wildman–Crippen LogP) is 1.81. The first-order chi connectivity index (χ1) is 12.2. The van der Waals surface area contributed by atoms with Gasteiger partial charge in [0.05, 0.1) is 18.6 Å². The predicted molar refractivity (Wildman–Crippen MR) is 98.1 cm³/mol. The molecule has 8 heteroatoms. The molecule has 0 fully saturated rings. The van der Waals surface area contributed by atoms with Crippen molar-refractivity contribution in [3.8, 4) is 5.75 Å². The van der Waals surface area contributed by atoms with E-state index in [2.05, 4.69) is 5.32 Å². The van der Waals surface area contributed by atoms with Gasteiger partial charge < -0.3 is 15.0 Å². The zero-order valence-corrected chi connectivity index (χ0v) is 15.5. The number of nitrogens with zero attached hydrogens (tertiary/aromatic N) is 1. The molecule has 26 heavy (non-hydrogen) atoms. The molecule has 0 spiro atoms. The maximum Gasteiger partial charge on any atom is 0.254 e. The Morgan fingerprint density at radius 1 is 1.04 bits per heavy atom. The van der Waals surface area contributed by atoms with Crippen LogP contribution in [0.5, 0.6) is 5.75 Å². The second-order valence-electron chi connectivity index (χ2n) is 5.73. The van der Waals surface area contributed by atoms with Crippen molar-refractivity contribution in [2.75, 3.05) is 32.3 Å². The van der Waals surface area contributed by atoms with Crippen molar-refractivity contribution in [3.63, 3.8) is 0 Å². The number of hydrogen-bond donors (Lipinski definition) is 1. The Morgan fingerprint density at radius 3 is 2.12 bits per heavy atom. The highest BCUT2D eigenvalue weighted by atomic mass is 32.2. The van der Waals surface area contributed by atoms with Crippen molar-refractivity contribution in [3.05, 3.63) is 54.1 Å². The Labute approximate surface area is 152 Å². The highest BCUT2D eigenvalue weighted by Gasteiger charge is 2.16. The van der Waals surface area contributed by atoms with Gasteiger partial charge in [0.1, 0.15) is 5.75 Å². The van der Waals surface area contributed by atoms with Crippen LogP contribution in [0.1, 0.15) is 10.4 Å². The molecule has 1 N–H and O–H groups in total. The number of carbonyl (C=O) groups excluding carboxylic acids is 2. The number of rotatable bonds is 6. The summed E-state index contributed by atoms with van der Waals surface area (Å²) in [6, 6.07) is 12.4. The van der Waals surface area contributed by atoms with E-state index in [0.29, 0.717) is 17.0 Å². The second kappa shape index (κ2) is 8.01.